The molecule has 1 aromatic carbocycles. The number of tetrazole rings is 1. The van der Waals surface area contributed by atoms with Crippen molar-refractivity contribution in [2.75, 3.05) is 0 Å². The van der Waals surface area contributed by atoms with Gasteiger partial charge in [0.2, 0.25) is 11.7 Å². The lowest BCUT2D eigenvalue weighted by Gasteiger charge is -2.06. The van der Waals surface area contributed by atoms with Crippen LogP contribution in [0.15, 0.2) is 24.3 Å². The highest BCUT2D eigenvalue weighted by Gasteiger charge is 2.10. The largest absolute Gasteiger partial charge is 0.352 e. The Morgan fingerprint density at radius 3 is 2.95 bits per heavy atom. The van der Waals surface area contributed by atoms with Crippen molar-refractivity contribution < 1.29 is 4.79 Å². The van der Waals surface area contributed by atoms with E-state index in [1.165, 1.54) is 4.80 Å². The average molecular weight is 280 g/mol. The minimum atomic E-state index is -0.148. The van der Waals surface area contributed by atoms with Crippen molar-refractivity contribution in [1.82, 2.24) is 25.5 Å². The van der Waals surface area contributed by atoms with Gasteiger partial charge in [-0.15, -0.1) is 10.2 Å². The van der Waals surface area contributed by atoms with Gasteiger partial charge in [0.1, 0.15) is 6.54 Å². The van der Waals surface area contributed by atoms with E-state index in [2.05, 4.69) is 20.7 Å². The summed E-state index contributed by atoms with van der Waals surface area (Å²) in [4.78, 5) is 12.8. The maximum atomic E-state index is 11.6. The van der Waals surface area contributed by atoms with E-state index >= 15 is 0 Å². The number of halogens is 1. The molecule has 0 bridgehead atoms. The number of nitrogens with zero attached hydrogens (tertiary/aromatic N) is 4. The molecule has 6 nitrogen and oxygen atoms in total. The second kappa shape index (κ2) is 5.79. The van der Waals surface area contributed by atoms with Crippen LogP contribution in [0.4, 0.5) is 0 Å². The van der Waals surface area contributed by atoms with Crippen LogP contribution < -0.4 is 5.32 Å². The Hall–Kier alpha value is -1.95. The van der Waals surface area contributed by atoms with Gasteiger partial charge in [-0.2, -0.15) is 4.80 Å². The fourth-order valence-corrected chi connectivity index (χ4v) is 1.74. The van der Waals surface area contributed by atoms with Crippen LogP contribution in [0.2, 0.25) is 5.02 Å². The van der Waals surface area contributed by atoms with Gasteiger partial charge in [0.05, 0.1) is 0 Å². The minimum absolute atomic E-state index is 0.0474. The predicted octanol–water partition coefficient (Wildman–Crippen LogP) is 1.52. The van der Waals surface area contributed by atoms with Crippen molar-refractivity contribution in [2.45, 2.75) is 26.4 Å². The number of amides is 1. The molecule has 19 heavy (non-hydrogen) atoms. The van der Waals surface area contributed by atoms with Crippen LogP contribution >= 0.6 is 11.6 Å². The average Bonchev–Trinajstić information content (AvgIpc) is 2.76. The maximum absolute atomic E-state index is 11.6. The van der Waals surface area contributed by atoms with E-state index in [0.29, 0.717) is 10.8 Å². The molecule has 0 unspecified atom stereocenters. The summed E-state index contributed by atoms with van der Waals surface area (Å²) in [7, 11) is 0. The van der Waals surface area contributed by atoms with Gasteiger partial charge in [-0.25, -0.2) is 0 Å². The van der Waals surface area contributed by atoms with Gasteiger partial charge in [-0.1, -0.05) is 23.7 Å². The topological polar surface area (TPSA) is 72.7 Å². The second-order valence-electron chi connectivity index (χ2n) is 4.38. The molecule has 1 amide bonds. The van der Waals surface area contributed by atoms with Gasteiger partial charge in [0.25, 0.3) is 0 Å². The molecule has 1 heterocycles. The van der Waals surface area contributed by atoms with E-state index in [-0.39, 0.29) is 18.5 Å². The molecule has 1 N–H and O–H groups in total. The summed E-state index contributed by atoms with van der Waals surface area (Å²) in [6.07, 6.45) is 0. The fourth-order valence-electron chi connectivity index (χ4n) is 1.55. The Labute approximate surface area is 115 Å². The number of hydrogen-bond acceptors (Lipinski definition) is 4. The number of hydrogen-bond donors (Lipinski definition) is 1. The molecule has 0 fully saturated rings. The van der Waals surface area contributed by atoms with Crippen LogP contribution in [-0.4, -0.2) is 32.2 Å². The summed E-state index contributed by atoms with van der Waals surface area (Å²) >= 11 is 5.90. The molecule has 7 heteroatoms. The molecule has 0 radical (unpaired) electrons. The molecule has 0 aliphatic carbocycles. The van der Waals surface area contributed by atoms with Crippen molar-refractivity contribution >= 4 is 17.5 Å². The number of carbonyl (C=O) groups is 1. The molecule has 0 saturated carbocycles. The molecular formula is C12H14ClN5O. The SMILES string of the molecule is CC(C)NC(=O)Cn1nnc(-c2cccc(Cl)c2)n1. The van der Waals surface area contributed by atoms with Crippen molar-refractivity contribution in [3.8, 4) is 11.4 Å². The fraction of sp³-hybridized carbons (Fsp3) is 0.333. The Kier molecular flexibility index (Phi) is 4.11. The molecular weight excluding hydrogens is 266 g/mol. The first-order valence-electron chi connectivity index (χ1n) is 5.87. The summed E-state index contributed by atoms with van der Waals surface area (Å²) in [5, 5.41) is 15.3. The highest BCUT2D eigenvalue weighted by atomic mass is 35.5. The lowest BCUT2D eigenvalue weighted by molar-refractivity contribution is -0.122. The molecule has 0 saturated heterocycles. The van der Waals surface area contributed by atoms with E-state index in [4.69, 9.17) is 11.6 Å². The second-order valence-corrected chi connectivity index (χ2v) is 4.81. The van der Waals surface area contributed by atoms with Crippen LogP contribution in [0.5, 0.6) is 0 Å². The number of carbonyl (C=O) groups excluding carboxylic acids is 1. The van der Waals surface area contributed by atoms with Gasteiger partial charge in [0, 0.05) is 16.6 Å². The number of benzene rings is 1. The molecule has 1 aromatic heterocycles. The molecule has 2 aromatic rings. The van der Waals surface area contributed by atoms with E-state index in [1.807, 2.05) is 26.0 Å². The highest BCUT2D eigenvalue weighted by molar-refractivity contribution is 6.30. The van der Waals surface area contributed by atoms with Crippen molar-refractivity contribution in [3.63, 3.8) is 0 Å². The molecule has 0 aliphatic rings. The first kappa shape index (κ1) is 13.5. The minimum Gasteiger partial charge on any atom is -0.352 e. The third kappa shape index (κ3) is 3.75. The van der Waals surface area contributed by atoms with Gasteiger partial charge in [-0.05, 0) is 31.2 Å². The van der Waals surface area contributed by atoms with Crippen LogP contribution in [0.25, 0.3) is 11.4 Å². The van der Waals surface area contributed by atoms with Gasteiger partial charge in [0.15, 0.2) is 0 Å². The van der Waals surface area contributed by atoms with Gasteiger partial charge < -0.3 is 5.32 Å². The van der Waals surface area contributed by atoms with Crippen LogP contribution in [0.1, 0.15) is 13.8 Å². The monoisotopic (exact) mass is 279 g/mol. The Morgan fingerprint density at radius 1 is 1.47 bits per heavy atom. The third-order valence-corrected chi connectivity index (χ3v) is 2.51. The zero-order valence-corrected chi connectivity index (χ0v) is 11.4. The van der Waals surface area contributed by atoms with Crippen LogP contribution in [0.3, 0.4) is 0 Å². The van der Waals surface area contributed by atoms with E-state index < -0.39 is 0 Å². The smallest absolute Gasteiger partial charge is 0.243 e. The highest BCUT2D eigenvalue weighted by Crippen LogP contribution is 2.18. The summed E-state index contributed by atoms with van der Waals surface area (Å²) in [5.41, 5.74) is 0.767. The van der Waals surface area contributed by atoms with Crippen molar-refractivity contribution in [1.29, 1.82) is 0 Å². The van der Waals surface area contributed by atoms with Gasteiger partial charge >= 0.3 is 0 Å². The van der Waals surface area contributed by atoms with Crippen LogP contribution in [-0.2, 0) is 11.3 Å². The van der Waals surface area contributed by atoms with E-state index in [9.17, 15) is 4.79 Å². The van der Waals surface area contributed by atoms with E-state index in [1.54, 1.807) is 12.1 Å². The summed E-state index contributed by atoms with van der Waals surface area (Å²) in [5.74, 6) is 0.296. The summed E-state index contributed by atoms with van der Waals surface area (Å²) in [6.45, 7) is 3.83. The normalized spacial score (nSPS) is 10.7. The van der Waals surface area contributed by atoms with Crippen molar-refractivity contribution in [3.05, 3.63) is 29.3 Å². The quantitative estimate of drug-likeness (QED) is 0.921. The molecule has 2 rings (SSSR count). The predicted molar refractivity (Wildman–Crippen MR) is 71.5 cm³/mol. The molecule has 0 atom stereocenters. The lowest BCUT2D eigenvalue weighted by atomic mass is 10.2. The van der Waals surface area contributed by atoms with Gasteiger partial charge in [-0.3, -0.25) is 4.79 Å². The number of rotatable bonds is 4. The summed E-state index contributed by atoms with van der Waals surface area (Å²) in [6, 6.07) is 7.25. The molecule has 0 aliphatic heterocycles. The number of aromatic nitrogens is 4. The Morgan fingerprint density at radius 2 is 2.26 bits per heavy atom. The Bertz CT molecular complexity index is 581. The van der Waals surface area contributed by atoms with Crippen LogP contribution in [0, 0.1) is 0 Å². The third-order valence-electron chi connectivity index (χ3n) is 2.27. The Balaban J connectivity index is 2.09. The standard InChI is InChI=1S/C12H14ClN5O/c1-8(2)14-11(19)7-18-16-12(15-17-18)9-4-3-5-10(13)6-9/h3-6,8H,7H2,1-2H3,(H,14,19). The lowest BCUT2D eigenvalue weighted by Crippen LogP contribution is -2.33. The number of nitrogens with one attached hydrogen (secondary N) is 1. The van der Waals surface area contributed by atoms with Crippen molar-refractivity contribution in [2.24, 2.45) is 0 Å². The summed E-state index contributed by atoms with van der Waals surface area (Å²) < 4.78 is 0. The maximum Gasteiger partial charge on any atom is 0.243 e. The molecule has 0 spiro atoms. The zero-order valence-electron chi connectivity index (χ0n) is 10.7. The zero-order chi connectivity index (χ0) is 13.8. The first-order chi connectivity index (χ1) is 9.04. The molecule has 100 valence electrons. The first-order valence-corrected chi connectivity index (χ1v) is 6.25. The van der Waals surface area contributed by atoms with E-state index in [0.717, 1.165) is 5.56 Å².